The van der Waals surface area contributed by atoms with Crippen molar-refractivity contribution < 1.29 is 4.79 Å². The summed E-state index contributed by atoms with van der Waals surface area (Å²) in [7, 11) is 0. The number of hydrogen-bond acceptors (Lipinski definition) is 3. The highest BCUT2D eigenvalue weighted by molar-refractivity contribution is 5.95. The first kappa shape index (κ1) is 20.4. The Labute approximate surface area is 178 Å². The van der Waals surface area contributed by atoms with Gasteiger partial charge in [0.05, 0.1) is 5.69 Å². The SMILES string of the molecule is CCN(CC)C1CCN(C(=O)c2n[nH]c(-c3cccc(-c4ccccc4)c3)c2C)C1. The number of benzene rings is 2. The summed E-state index contributed by atoms with van der Waals surface area (Å²) >= 11 is 0. The molecule has 1 saturated heterocycles. The van der Waals surface area contributed by atoms with E-state index in [1.165, 1.54) is 5.56 Å². The maximum Gasteiger partial charge on any atom is 0.274 e. The molecule has 0 spiro atoms. The van der Waals surface area contributed by atoms with Crippen LogP contribution in [0.4, 0.5) is 0 Å². The molecule has 1 fully saturated rings. The molecule has 1 N–H and O–H groups in total. The average Bonchev–Trinajstić information content (AvgIpc) is 3.42. The second-order valence-corrected chi connectivity index (χ2v) is 7.93. The highest BCUT2D eigenvalue weighted by Gasteiger charge is 2.31. The Morgan fingerprint density at radius 2 is 1.77 bits per heavy atom. The van der Waals surface area contributed by atoms with Crippen LogP contribution < -0.4 is 0 Å². The van der Waals surface area contributed by atoms with E-state index in [-0.39, 0.29) is 5.91 Å². The molecule has 1 amide bonds. The number of aromatic amines is 1. The number of likely N-dealkylation sites (N-methyl/N-ethyl adjacent to an activating group) is 1. The smallest absolute Gasteiger partial charge is 0.274 e. The fourth-order valence-electron chi connectivity index (χ4n) is 4.49. The predicted molar refractivity (Wildman–Crippen MR) is 121 cm³/mol. The van der Waals surface area contributed by atoms with Gasteiger partial charge >= 0.3 is 0 Å². The molecular weight excluding hydrogens is 372 g/mol. The van der Waals surface area contributed by atoms with Crippen molar-refractivity contribution in [2.75, 3.05) is 26.2 Å². The van der Waals surface area contributed by atoms with Crippen LogP contribution in [0.1, 0.15) is 36.3 Å². The predicted octanol–water partition coefficient (Wildman–Crippen LogP) is 4.61. The molecule has 1 unspecified atom stereocenters. The molecule has 3 aromatic rings. The molecular formula is C25H30N4O. The Morgan fingerprint density at radius 1 is 1.07 bits per heavy atom. The van der Waals surface area contributed by atoms with Crippen molar-refractivity contribution in [3.8, 4) is 22.4 Å². The van der Waals surface area contributed by atoms with E-state index in [0.717, 1.165) is 55.0 Å². The molecule has 0 aliphatic carbocycles. The molecule has 1 atom stereocenters. The number of amides is 1. The third-order valence-corrected chi connectivity index (χ3v) is 6.25. The van der Waals surface area contributed by atoms with Crippen molar-refractivity contribution in [2.45, 2.75) is 33.2 Å². The number of hydrogen-bond donors (Lipinski definition) is 1. The standard InChI is InChI=1S/C25H30N4O/c1-4-28(5-2)22-14-15-29(17-22)25(30)24-18(3)23(26-27-24)21-13-9-12-20(16-21)19-10-7-6-8-11-19/h6-13,16,22H,4-5,14-15,17H2,1-3H3,(H,26,27). The number of rotatable bonds is 6. The van der Waals surface area contributed by atoms with Gasteiger partial charge in [-0.25, -0.2) is 0 Å². The molecule has 2 heterocycles. The Balaban J connectivity index is 1.56. The van der Waals surface area contributed by atoms with Gasteiger partial charge in [-0.05, 0) is 43.6 Å². The van der Waals surface area contributed by atoms with Gasteiger partial charge in [0.2, 0.25) is 0 Å². The second kappa shape index (κ2) is 8.84. The Kier molecular flexibility index (Phi) is 6.00. The fraction of sp³-hybridized carbons (Fsp3) is 0.360. The third kappa shape index (κ3) is 3.90. The van der Waals surface area contributed by atoms with Crippen LogP contribution in [0.5, 0.6) is 0 Å². The molecule has 5 heteroatoms. The van der Waals surface area contributed by atoms with Crippen molar-refractivity contribution in [3.63, 3.8) is 0 Å². The number of likely N-dealkylation sites (tertiary alicyclic amines) is 1. The van der Waals surface area contributed by atoms with E-state index in [1.54, 1.807) is 0 Å². The average molecular weight is 403 g/mol. The van der Waals surface area contributed by atoms with Crippen molar-refractivity contribution in [1.29, 1.82) is 0 Å². The number of H-pyrrole nitrogens is 1. The largest absolute Gasteiger partial charge is 0.336 e. The first-order valence-corrected chi connectivity index (χ1v) is 10.9. The van der Waals surface area contributed by atoms with Gasteiger partial charge in [-0.2, -0.15) is 5.10 Å². The van der Waals surface area contributed by atoms with Crippen LogP contribution in [0, 0.1) is 6.92 Å². The van der Waals surface area contributed by atoms with Crippen LogP contribution in [-0.2, 0) is 0 Å². The minimum Gasteiger partial charge on any atom is -0.336 e. The molecule has 4 rings (SSSR count). The first-order valence-electron chi connectivity index (χ1n) is 10.9. The lowest BCUT2D eigenvalue weighted by Gasteiger charge is -2.26. The molecule has 2 aromatic carbocycles. The maximum absolute atomic E-state index is 13.2. The lowest BCUT2D eigenvalue weighted by molar-refractivity contribution is 0.0771. The Hall–Kier alpha value is -2.92. The van der Waals surface area contributed by atoms with Gasteiger partial charge < -0.3 is 4.90 Å². The number of nitrogens with one attached hydrogen (secondary N) is 1. The number of carbonyl (C=O) groups excluding carboxylic acids is 1. The summed E-state index contributed by atoms with van der Waals surface area (Å²) in [6.45, 7) is 9.97. The Bertz CT molecular complexity index is 1010. The van der Waals surface area contributed by atoms with Gasteiger partial charge in [-0.15, -0.1) is 0 Å². The van der Waals surface area contributed by atoms with Gasteiger partial charge in [0.1, 0.15) is 0 Å². The molecule has 1 aliphatic heterocycles. The summed E-state index contributed by atoms with van der Waals surface area (Å²) < 4.78 is 0. The highest BCUT2D eigenvalue weighted by Crippen LogP contribution is 2.29. The lowest BCUT2D eigenvalue weighted by atomic mass is 10.00. The molecule has 0 saturated carbocycles. The Morgan fingerprint density at radius 3 is 2.50 bits per heavy atom. The number of nitrogens with zero attached hydrogens (tertiary/aromatic N) is 3. The summed E-state index contributed by atoms with van der Waals surface area (Å²) in [6, 6.07) is 19.1. The van der Waals surface area contributed by atoms with E-state index >= 15 is 0 Å². The summed E-state index contributed by atoms with van der Waals surface area (Å²) in [5.74, 6) is 0.0314. The second-order valence-electron chi connectivity index (χ2n) is 7.93. The van der Waals surface area contributed by atoms with Crippen LogP contribution in [-0.4, -0.2) is 58.1 Å². The summed E-state index contributed by atoms with van der Waals surface area (Å²) in [5.41, 5.74) is 5.73. The number of carbonyl (C=O) groups is 1. The lowest BCUT2D eigenvalue weighted by Crippen LogP contribution is -2.38. The summed E-state index contributed by atoms with van der Waals surface area (Å²) in [5, 5.41) is 7.54. The normalized spacial score (nSPS) is 16.4. The maximum atomic E-state index is 13.2. The van der Waals surface area contributed by atoms with Gasteiger partial charge in [-0.1, -0.05) is 62.4 Å². The van der Waals surface area contributed by atoms with E-state index < -0.39 is 0 Å². The molecule has 0 bridgehead atoms. The quantitative estimate of drug-likeness (QED) is 0.655. The van der Waals surface area contributed by atoms with E-state index in [1.807, 2.05) is 30.0 Å². The zero-order valence-corrected chi connectivity index (χ0v) is 18.1. The molecule has 0 radical (unpaired) electrons. The molecule has 1 aromatic heterocycles. The highest BCUT2D eigenvalue weighted by atomic mass is 16.2. The van der Waals surface area contributed by atoms with Crippen LogP contribution >= 0.6 is 0 Å². The number of aromatic nitrogens is 2. The van der Waals surface area contributed by atoms with E-state index in [4.69, 9.17) is 0 Å². The third-order valence-electron chi connectivity index (χ3n) is 6.25. The minimum atomic E-state index is 0.0314. The fourth-order valence-corrected chi connectivity index (χ4v) is 4.49. The molecule has 5 nitrogen and oxygen atoms in total. The van der Waals surface area contributed by atoms with E-state index in [2.05, 4.69) is 65.3 Å². The van der Waals surface area contributed by atoms with Gasteiger partial charge in [0, 0.05) is 30.3 Å². The van der Waals surface area contributed by atoms with Crippen molar-refractivity contribution in [2.24, 2.45) is 0 Å². The zero-order chi connectivity index (χ0) is 21.1. The van der Waals surface area contributed by atoms with Crippen molar-refractivity contribution >= 4 is 5.91 Å². The first-order chi connectivity index (χ1) is 14.6. The van der Waals surface area contributed by atoms with E-state index in [0.29, 0.717) is 11.7 Å². The molecule has 1 aliphatic rings. The van der Waals surface area contributed by atoms with E-state index in [9.17, 15) is 4.79 Å². The zero-order valence-electron chi connectivity index (χ0n) is 18.1. The summed E-state index contributed by atoms with van der Waals surface area (Å²) in [4.78, 5) is 17.6. The van der Waals surface area contributed by atoms with Crippen LogP contribution in [0.2, 0.25) is 0 Å². The van der Waals surface area contributed by atoms with Crippen molar-refractivity contribution in [1.82, 2.24) is 20.0 Å². The van der Waals surface area contributed by atoms with Gasteiger partial charge in [-0.3, -0.25) is 14.8 Å². The summed E-state index contributed by atoms with van der Waals surface area (Å²) in [6.07, 6.45) is 1.03. The van der Waals surface area contributed by atoms with Gasteiger partial charge in [0.15, 0.2) is 5.69 Å². The van der Waals surface area contributed by atoms with Crippen LogP contribution in [0.25, 0.3) is 22.4 Å². The van der Waals surface area contributed by atoms with Crippen molar-refractivity contribution in [3.05, 3.63) is 65.9 Å². The topological polar surface area (TPSA) is 52.2 Å². The van der Waals surface area contributed by atoms with Gasteiger partial charge in [0.25, 0.3) is 5.91 Å². The van der Waals surface area contributed by atoms with Crippen LogP contribution in [0.3, 0.4) is 0 Å². The van der Waals surface area contributed by atoms with Crippen LogP contribution in [0.15, 0.2) is 54.6 Å². The minimum absolute atomic E-state index is 0.0314. The molecule has 156 valence electrons. The molecule has 30 heavy (non-hydrogen) atoms. The monoisotopic (exact) mass is 402 g/mol.